The molecule has 0 fully saturated rings. The van der Waals surface area contributed by atoms with E-state index in [1.165, 1.54) is 0 Å². The lowest BCUT2D eigenvalue weighted by atomic mass is 10.0. The van der Waals surface area contributed by atoms with Crippen molar-refractivity contribution >= 4 is 11.6 Å². The van der Waals surface area contributed by atoms with Gasteiger partial charge in [0, 0.05) is 28.0 Å². The fraction of sp³-hybridized carbons (Fsp3) is 0.154. The van der Waals surface area contributed by atoms with E-state index >= 15 is 0 Å². The maximum absolute atomic E-state index is 6.16. The quantitative estimate of drug-likeness (QED) is 0.742. The monoisotopic (exact) mass is 217 g/mol. The summed E-state index contributed by atoms with van der Waals surface area (Å²) in [5, 5.41) is 0.778. The van der Waals surface area contributed by atoms with Crippen LogP contribution in [0.2, 0.25) is 5.02 Å². The van der Waals surface area contributed by atoms with E-state index in [1.54, 1.807) is 0 Å². The molecule has 0 amide bonds. The summed E-state index contributed by atoms with van der Waals surface area (Å²) in [6.45, 7) is 2.10. The third-order valence-corrected chi connectivity index (χ3v) is 2.72. The third-order valence-electron chi connectivity index (χ3n) is 2.39. The molecule has 1 nitrogen and oxygen atoms in total. The van der Waals surface area contributed by atoms with Gasteiger partial charge in [0.25, 0.3) is 0 Å². The summed E-state index contributed by atoms with van der Waals surface area (Å²) in [4.78, 5) is 4.36. The molecular formula is C13H12ClN. The Morgan fingerprint density at radius 2 is 1.80 bits per heavy atom. The van der Waals surface area contributed by atoms with E-state index in [1.807, 2.05) is 36.5 Å². The molecular weight excluding hydrogens is 206 g/mol. The Balaban J connectivity index is 2.59. The Hall–Kier alpha value is -1.34. The van der Waals surface area contributed by atoms with Crippen molar-refractivity contribution < 1.29 is 0 Å². The summed E-state index contributed by atoms with van der Waals surface area (Å²) in [7, 11) is 0. The number of rotatable bonds is 2. The van der Waals surface area contributed by atoms with Crippen molar-refractivity contribution in [1.29, 1.82) is 0 Å². The second-order valence-electron chi connectivity index (χ2n) is 3.33. The highest BCUT2D eigenvalue weighted by atomic mass is 35.5. The summed E-state index contributed by atoms with van der Waals surface area (Å²) in [6, 6.07) is 11.9. The first kappa shape index (κ1) is 10.2. The first-order valence-electron chi connectivity index (χ1n) is 5.01. The largest absolute Gasteiger partial charge is 0.261 e. The number of aromatic nitrogens is 1. The van der Waals surface area contributed by atoms with E-state index in [-0.39, 0.29) is 0 Å². The van der Waals surface area contributed by atoms with Crippen molar-refractivity contribution in [2.45, 2.75) is 13.3 Å². The molecule has 0 saturated heterocycles. The average Bonchev–Trinajstić information content (AvgIpc) is 2.30. The van der Waals surface area contributed by atoms with Gasteiger partial charge in [-0.3, -0.25) is 4.98 Å². The number of hydrogen-bond acceptors (Lipinski definition) is 1. The van der Waals surface area contributed by atoms with Crippen LogP contribution in [0.3, 0.4) is 0 Å². The van der Waals surface area contributed by atoms with Gasteiger partial charge in [-0.05, 0) is 18.6 Å². The van der Waals surface area contributed by atoms with Gasteiger partial charge in [-0.15, -0.1) is 0 Å². The zero-order valence-corrected chi connectivity index (χ0v) is 9.33. The van der Waals surface area contributed by atoms with Gasteiger partial charge in [-0.2, -0.15) is 0 Å². The number of aryl methyl sites for hydroxylation is 1. The van der Waals surface area contributed by atoms with Crippen molar-refractivity contribution in [1.82, 2.24) is 4.98 Å². The van der Waals surface area contributed by atoms with Crippen molar-refractivity contribution in [2.24, 2.45) is 0 Å². The van der Waals surface area contributed by atoms with Crippen LogP contribution in [0.4, 0.5) is 0 Å². The second kappa shape index (κ2) is 4.45. The number of nitrogens with zero attached hydrogens (tertiary/aromatic N) is 1. The van der Waals surface area contributed by atoms with Gasteiger partial charge in [0.15, 0.2) is 0 Å². The maximum Gasteiger partial charge on any atom is 0.0485 e. The number of hydrogen-bond donors (Lipinski definition) is 0. The molecule has 0 aliphatic carbocycles. The molecule has 15 heavy (non-hydrogen) atoms. The van der Waals surface area contributed by atoms with Gasteiger partial charge in [0.1, 0.15) is 0 Å². The number of pyridine rings is 1. The summed E-state index contributed by atoms with van der Waals surface area (Å²) in [6.07, 6.45) is 2.74. The first-order valence-corrected chi connectivity index (χ1v) is 5.39. The van der Waals surface area contributed by atoms with E-state index in [0.717, 1.165) is 28.3 Å². The normalized spacial score (nSPS) is 10.3. The van der Waals surface area contributed by atoms with Crippen LogP contribution in [0.5, 0.6) is 0 Å². The highest BCUT2D eigenvalue weighted by Crippen LogP contribution is 2.29. The topological polar surface area (TPSA) is 12.9 Å². The molecule has 1 heterocycles. The molecule has 0 unspecified atom stereocenters. The van der Waals surface area contributed by atoms with E-state index < -0.39 is 0 Å². The van der Waals surface area contributed by atoms with Crippen molar-refractivity contribution in [2.75, 3.05) is 0 Å². The van der Waals surface area contributed by atoms with Gasteiger partial charge in [0.05, 0.1) is 0 Å². The van der Waals surface area contributed by atoms with E-state index in [9.17, 15) is 0 Å². The van der Waals surface area contributed by atoms with Gasteiger partial charge in [-0.25, -0.2) is 0 Å². The van der Waals surface area contributed by atoms with Crippen molar-refractivity contribution in [3.63, 3.8) is 0 Å². The molecule has 1 aromatic heterocycles. The lowest BCUT2D eigenvalue weighted by molar-refractivity contribution is 1.04. The first-order chi connectivity index (χ1) is 7.33. The highest BCUT2D eigenvalue weighted by molar-refractivity contribution is 6.33. The smallest absolute Gasteiger partial charge is 0.0485 e. The molecule has 0 atom stereocenters. The lowest BCUT2D eigenvalue weighted by Crippen LogP contribution is -1.91. The molecule has 0 aliphatic heterocycles. The molecule has 1 aromatic carbocycles. The molecule has 0 spiro atoms. The molecule has 2 rings (SSSR count). The van der Waals surface area contributed by atoms with Crippen LogP contribution in [0, 0.1) is 0 Å². The molecule has 76 valence electrons. The molecule has 0 bridgehead atoms. The van der Waals surface area contributed by atoms with Gasteiger partial charge >= 0.3 is 0 Å². The molecule has 0 saturated carbocycles. The van der Waals surface area contributed by atoms with Crippen LogP contribution in [0.25, 0.3) is 11.1 Å². The molecule has 2 heteroatoms. The fourth-order valence-corrected chi connectivity index (χ4v) is 1.88. The summed E-state index contributed by atoms with van der Waals surface area (Å²) in [5.74, 6) is 0. The minimum absolute atomic E-state index is 0.778. The van der Waals surface area contributed by atoms with Gasteiger partial charge in [0.2, 0.25) is 0 Å². The highest BCUT2D eigenvalue weighted by Gasteiger charge is 2.06. The summed E-state index contributed by atoms with van der Waals surface area (Å²) in [5.41, 5.74) is 3.28. The minimum Gasteiger partial charge on any atom is -0.261 e. The van der Waals surface area contributed by atoms with Gasteiger partial charge in [-0.1, -0.05) is 42.8 Å². The molecule has 0 N–H and O–H groups in total. The Morgan fingerprint density at radius 1 is 1.07 bits per heavy atom. The minimum atomic E-state index is 0.778. The average molecular weight is 218 g/mol. The zero-order valence-electron chi connectivity index (χ0n) is 8.57. The predicted molar refractivity (Wildman–Crippen MR) is 64.1 cm³/mol. The lowest BCUT2D eigenvalue weighted by Gasteiger charge is -2.07. The van der Waals surface area contributed by atoms with Crippen LogP contribution in [0.1, 0.15) is 12.6 Å². The Labute approximate surface area is 94.7 Å². The van der Waals surface area contributed by atoms with E-state index in [2.05, 4.69) is 18.0 Å². The molecule has 0 radical (unpaired) electrons. The zero-order chi connectivity index (χ0) is 10.7. The number of halogens is 1. The van der Waals surface area contributed by atoms with E-state index in [0.29, 0.717) is 0 Å². The van der Waals surface area contributed by atoms with Crippen LogP contribution in [-0.4, -0.2) is 4.98 Å². The Kier molecular flexibility index (Phi) is 3.02. The van der Waals surface area contributed by atoms with Crippen LogP contribution in [-0.2, 0) is 6.42 Å². The van der Waals surface area contributed by atoms with Gasteiger partial charge < -0.3 is 0 Å². The van der Waals surface area contributed by atoms with Crippen LogP contribution in [0.15, 0.2) is 42.6 Å². The summed E-state index contributed by atoms with van der Waals surface area (Å²) >= 11 is 6.16. The molecule has 2 aromatic rings. The SMILES string of the molecule is CCc1ncccc1-c1ccccc1Cl. The second-order valence-corrected chi connectivity index (χ2v) is 3.74. The fourth-order valence-electron chi connectivity index (χ4n) is 1.64. The Bertz CT molecular complexity index is 466. The summed E-state index contributed by atoms with van der Waals surface area (Å²) < 4.78 is 0. The maximum atomic E-state index is 6.16. The number of benzene rings is 1. The predicted octanol–water partition coefficient (Wildman–Crippen LogP) is 3.96. The van der Waals surface area contributed by atoms with E-state index in [4.69, 9.17) is 11.6 Å². The Morgan fingerprint density at radius 3 is 2.53 bits per heavy atom. The van der Waals surface area contributed by atoms with Crippen LogP contribution >= 0.6 is 11.6 Å². The van der Waals surface area contributed by atoms with Crippen molar-refractivity contribution in [3.05, 3.63) is 53.3 Å². The standard InChI is InChI=1S/C13H12ClN/c1-2-13-11(7-5-9-15-13)10-6-3-4-8-12(10)14/h3-9H,2H2,1H3. The van der Waals surface area contributed by atoms with Crippen molar-refractivity contribution in [3.8, 4) is 11.1 Å². The van der Waals surface area contributed by atoms with Crippen LogP contribution < -0.4 is 0 Å². The third kappa shape index (κ3) is 2.02. The molecule has 0 aliphatic rings.